The minimum Gasteiger partial charge on any atom is -0.480 e. The number of nitrogens with zero attached hydrogens (tertiary/aromatic N) is 1. The van der Waals surface area contributed by atoms with E-state index in [1.54, 1.807) is 6.20 Å². The number of aromatic amines is 1. The first-order chi connectivity index (χ1) is 17.5. The zero-order valence-electron chi connectivity index (χ0n) is 20.5. The number of aliphatic imine (C=N–C) groups is 1. The van der Waals surface area contributed by atoms with Crippen LogP contribution in [0.1, 0.15) is 25.8 Å². The lowest BCUT2D eigenvalue weighted by Crippen LogP contribution is -2.54. The fourth-order valence-electron chi connectivity index (χ4n) is 3.48. The summed E-state index contributed by atoms with van der Waals surface area (Å²) in [6.07, 6.45) is 1.85. The van der Waals surface area contributed by atoms with E-state index in [4.69, 9.17) is 16.6 Å². The highest BCUT2D eigenvalue weighted by atomic mass is 16.4. The first kappa shape index (κ1) is 28.6. The van der Waals surface area contributed by atoms with Gasteiger partial charge in [-0.25, -0.2) is 0 Å². The van der Waals surface area contributed by atoms with Crippen molar-refractivity contribution in [1.82, 2.24) is 26.3 Å². The molecule has 0 aliphatic carbocycles. The molecule has 14 heteroatoms. The molecule has 2 rings (SSSR count). The number of carboxylic acid groups (broad SMARTS) is 1. The summed E-state index contributed by atoms with van der Waals surface area (Å²) >= 11 is 0. The minimum absolute atomic E-state index is 0.0644. The fraction of sp³-hybridized carbons (Fsp3) is 0.391. The number of aliphatic carboxylic acids is 1. The number of guanidine groups is 1. The van der Waals surface area contributed by atoms with Crippen LogP contribution in [0, 0.1) is 0 Å². The maximum absolute atomic E-state index is 12.8. The Labute approximate surface area is 212 Å². The van der Waals surface area contributed by atoms with Crippen molar-refractivity contribution >= 4 is 46.5 Å². The third-order valence-corrected chi connectivity index (χ3v) is 5.31. The zero-order chi connectivity index (χ0) is 27.5. The summed E-state index contributed by atoms with van der Waals surface area (Å²) in [5.74, 6) is -3.90. The van der Waals surface area contributed by atoms with E-state index in [1.807, 2.05) is 24.3 Å². The Morgan fingerprint density at radius 3 is 2.38 bits per heavy atom. The van der Waals surface area contributed by atoms with Crippen LogP contribution in [0.15, 0.2) is 35.5 Å². The van der Waals surface area contributed by atoms with Crippen molar-refractivity contribution in [2.45, 2.75) is 44.8 Å². The number of carbonyl (C=O) groups is 5. The van der Waals surface area contributed by atoms with Crippen molar-refractivity contribution in [3.63, 3.8) is 0 Å². The van der Waals surface area contributed by atoms with Crippen molar-refractivity contribution in [2.24, 2.45) is 16.5 Å². The van der Waals surface area contributed by atoms with Gasteiger partial charge in [0.05, 0.1) is 6.54 Å². The number of H-pyrrole nitrogens is 1. The number of fused-ring (bicyclic) bond motifs is 1. The molecular formula is C23H32N8O6. The average molecular weight is 517 g/mol. The predicted molar refractivity (Wildman–Crippen MR) is 135 cm³/mol. The molecule has 1 heterocycles. The van der Waals surface area contributed by atoms with E-state index in [0.717, 1.165) is 16.5 Å². The van der Waals surface area contributed by atoms with Gasteiger partial charge in [0.2, 0.25) is 23.6 Å². The van der Waals surface area contributed by atoms with Gasteiger partial charge in [0.1, 0.15) is 18.1 Å². The van der Waals surface area contributed by atoms with Gasteiger partial charge in [-0.05, 0) is 25.0 Å². The molecule has 37 heavy (non-hydrogen) atoms. The first-order valence-electron chi connectivity index (χ1n) is 11.5. The number of hydrogen-bond acceptors (Lipinski definition) is 6. The van der Waals surface area contributed by atoms with Gasteiger partial charge in [-0.2, -0.15) is 0 Å². The van der Waals surface area contributed by atoms with Crippen molar-refractivity contribution in [1.29, 1.82) is 0 Å². The summed E-state index contributed by atoms with van der Waals surface area (Å²) in [7, 11) is 0. The molecule has 0 spiro atoms. The molecule has 10 N–H and O–H groups in total. The molecule has 2 aromatic rings. The largest absolute Gasteiger partial charge is 0.480 e. The third kappa shape index (κ3) is 9.16. The highest BCUT2D eigenvalue weighted by Crippen LogP contribution is 2.19. The average Bonchev–Trinajstić information content (AvgIpc) is 3.23. The molecule has 0 aliphatic rings. The Balaban J connectivity index is 2.08. The fourth-order valence-corrected chi connectivity index (χ4v) is 3.48. The number of nitrogens with two attached hydrogens (primary N) is 2. The summed E-state index contributed by atoms with van der Waals surface area (Å²) in [5.41, 5.74) is 12.1. The molecule has 0 radical (unpaired) electrons. The van der Waals surface area contributed by atoms with Crippen LogP contribution in [0.4, 0.5) is 0 Å². The highest BCUT2D eigenvalue weighted by Gasteiger charge is 2.26. The van der Waals surface area contributed by atoms with E-state index < -0.39 is 54.3 Å². The van der Waals surface area contributed by atoms with Crippen LogP contribution in [0.25, 0.3) is 10.9 Å². The van der Waals surface area contributed by atoms with Gasteiger partial charge in [0, 0.05) is 37.0 Å². The molecular weight excluding hydrogens is 484 g/mol. The Kier molecular flexibility index (Phi) is 10.4. The molecule has 200 valence electrons. The van der Waals surface area contributed by atoms with E-state index in [2.05, 4.69) is 31.2 Å². The molecule has 14 nitrogen and oxygen atoms in total. The molecule has 1 aromatic carbocycles. The topological polar surface area (TPSA) is 234 Å². The number of carbonyl (C=O) groups excluding carboxylic acids is 4. The van der Waals surface area contributed by atoms with Crippen LogP contribution < -0.4 is 32.7 Å². The van der Waals surface area contributed by atoms with Gasteiger partial charge < -0.3 is 42.8 Å². The van der Waals surface area contributed by atoms with Gasteiger partial charge >= 0.3 is 5.97 Å². The number of amides is 4. The number of aromatic nitrogens is 1. The lowest BCUT2D eigenvalue weighted by Gasteiger charge is -2.21. The second-order valence-corrected chi connectivity index (χ2v) is 8.32. The van der Waals surface area contributed by atoms with Crippen LogP contribution in [0.2, 0.25) is 0 Å². The van der Waals surface area contributed by atoms with E-state index in [1.165, 1.54) is 13.8 Å². The SMILES string of the molecule is CC(=O)N[C@@H](CCN=C(N)N)C(=O)NCC(=O)N[C@@H](Cc1c[nH]c2ccccc12)C(=O)N[C@@H](C)C(=O)O. The number of rotatable bonds is 13. The highest BCUT2D eigenvalue weighted by molar-refractivity contribution is 5.94. The molecule has 0 aliphatic heterocycles. The molecule has 0 bridgehead atoms. The summed E-state index contributed by atoms with van der Waals surface area (Å²) < 4.78 is 0. The summed E-state index contributed by atoms with van der Waals surface area (Å²) in [6, 6.07) is 4.08. The zero-order valence-corrected chi connectivity index (χ0v) is 20.5. The number of nitrogens with one attached hydrogen (secondary N) is 5. The van der Waals surface area contributed by atoms with Crippen molar-refractivity contribution in [2.75, 3.05) is 13.1 Å². The molecule has 0 saturated heterocycles. The number of carboxylic acids is 1. The van der Waals surface area contributed by atoms with Gasteiger partial charge in [0.15, 0.2) is 5.96 Å². The number of hydrogen-bond donors (Lipinski definition) is 8. The van der Waals surface area contributed by atoms with Crippen LogP contribution in [-0.4, -0.2) is 76.9 Å². The summed E-state index contributed by atoms with van der Waals surface area (Å²) in [6.45, 7) is 2.11. The van der Waals surface area contributed by atoms with Crippen molar-refractivity contribution < 1.29 is 29.1 Å². The first-order valence-corrected chi connectivity index (χ1v) is 11.5. The molecule has 4 amide bonds. The lowest BCUT2D eigenvalue weighted by molar-refractivity contribution is -0.141. The normalized spacial score (nSPS) is 13.0. The minimum atomic E-state index is -1.23. The maximum atomic E-state index is 12.8. The Morgan fingerprint density at radius 2 is 1.73 bits per heavy atom. The Bertz CT molecular complexity index is 1170. The van der Waals surface area contributed by atoms with Gasteiger partial charge in [-0.1, -0.05) is 18.2 Å². The second-order valence-electron chi connectivity index (χ2n) is 8.32. The summed E-state index contributed by atoms with van der Waals surface area (Å²) in [5, 5.41) is 19.7. The Hall–Kier alpha value is -4.62. The van der Waals surface area contributed by atoms with E-state index in [-0.39, 0.29) is 25.3 Å². The van der Waals surface area contributed by atoms with Gasteiger partial charge in [-0.3, -0.25) is 29.0 Å². The van der Waals surface area contributed by atoms with E-state index in [9.17, 15) is 24.0 Å². The van der Waals surface area contributed by atoms with Crippen LogP contribution in [0.5, 0.6) is 0 Å². The predicted octanol–water partition coefficient (Wildman–Crippen LogP) is -1.93. The van der Waals surface area contributed by atoms with Gasteiger partial charge in [0.25, 0.3) is 0 Å². The number of benzene rings is 1. The molecule has 1 aromatic heterocycles. The van der Waals surface area contributed by atoms with Crippen molar-refractivity contribution in [3.8, 4) is 0 Å². The standard InChI is InChI=1S/C23H32N8O6/c1-12(22(36)37)29-21(35)18(9-14-10-27-16-6-4-3-5-15(14)16)31-19(33)11-28-20(34)17(30-13(2)32)7-8-26-23(24)25/h3-6,10,12,17-18,27H,7-9,11H2,1-2H3,(H,28,34)(H,29,35)(H,30,32)(H,31,33)(H,36,37)(H4,24,25,26)/t12-,17-,18-/m0/s1. The third-order valence-electron chi connectivity index (χ3n) is 5.31. The molecule has 0 unspecified atom stereocenters. The molecule has 0 saturated carbocycles. The smallest absolute Gasteiger partial charge is 0.325 e. The van der Waals surface area contributed by atoms with E-state index >= 15 is 0 Å². The second kappa shape index (κ2) is 13.5. The number of para-hydroxylation sites is 1. The van der Waals surface area contributed by atoms with Gasteiger partial charge in [-0.15, -0.1) is 0 Å². The monoisotopic (exact) mass is 516 g/mol. The lowest BCUT2D eigenvalue weighted by atomic mass is 10.0. The van der Waals surface area contributed by atoms with Crippen LogP contribution in [-0.2, 0) is 30.4 Å². The van der Waals surface area contributed by atoms with Crippen LogP contribution >= 0.6 is 0 Å². The van der Waals surface area contributed by atoms with E-state index in [0.29, 0.717) is 0 Å². The maximum Gasteiger partial charge on any atom is 0.325 e. The molecule has 3 atom stereocenters. The Morgan fingerprint density at radius 1 is 1.03 bits per heavy atom. The summed E-state index contributed by atoms with van der Waals surface area (Å²) in [4.78, 5) is 67.5. The van der Waals surface area contributed by atoms with Crippen molar-refractivity contribution in [3.05, 3.63) is 36.0 Å². The molecule has 0 fully saturated rings. The van der Waals surface area contributed by atoms with Crippen LogP contribution in [0.3, 0.4) is 0 Å². The quantitative estimate of drug-likeness (QED) is 0.110.